The highest BCUT2D eigenvalue weighted by atomic mass is 16.6. The summed E-state index contributed by atoms with van der Waals surface area (Å²) in [6.07, 6.45) is 0. The van der Waals surface area contributed by atoms with Gasteiger partial charge in [0.05, 0.1) is 18.1 Å². The number of ether oxygens (including phenoxy) is 3. The average molecular weight is 440 g/mol. The van der Waals surface area contributed by atoms with E-state index in [0.717, 1.165) is 5.56 Å². The number of carbonyl (C=O) groups is 1. The van der Waals surface area contributed by atoms with Crippen LogP contribution in [0.4, 0.5) is 5.69 Å². The molecule has 168 valence electrons. The average Bonchev–Trinajstić information content (AvgIpc) is 3.27. The van der Waals surface area contributed by atoms with Crippen molar-refractivity contribution in [3.8, 4) is 17.2 Å². The minimum Gasteiger partial charge on any atom is -0.490 e. The summed E-state index contributed by atoms with van der Waals surface area (Å²) < 4.78 is 22.1. The van der Waals surface area contributed by atoms with Crippen molar-refractivity contribution in [2.75, 3.05) is 13.2 Å². The summed E-state index contributed by atoms with van der Waals surface area (Å²) in [6, 6.07) is 14.6. The van der Waals surface area contributed by atoms with E-state index < -0.39 is 10.8 Å². The van der Waals surface area contributed by atoms with Crippen LogP contribution in [0.3, 0.4) is 0 Å². The first kappa shape index (κ1) is 22.7. The number of carbonyl (C=O) groups excluding carboxylic acids is 1. The summed E-state index contributed by atoms with van der Waals surface area (Å²) in [7, 11) is 0. The predicted molar refractivity (Wildman–Crippen MR) is 116 cm³/mol. The molecule has 3 rings (SSSR count). The molecule has 1 amide bonds. The van der Waals surface area contributed by atoms with Gasteiger partial charge in [0.2, 0.25) is 0 Å². The molecule has 0 aliphatic heterocycles. The maximum Gasteiger partial charge on any atom is 0.310 e. The number of nitrogens with one attached hydrogen (secondary N) is 1. The van der Waals surface area contributed by atoms with E-state index >= 15 is 0 Å². The van der Waals surface area contributed by atoms with Crippen LogP contribution in [0.15, 0.2) is 59.0 Å². The fraction of sp³-hybridized carbons (Fsp3) is 0.261. The Morgan fingerprint density at radius 3 is 2.47 bits per heavy atom. The van der Waals surface area contributed by atoms with E-state index in [9.17, 15) is 14.9 Å². The van der Waals surface area contributed by atoms with Crippen LogP contribution in [0.1, 0.15) is 35.7 Å². The molecule has 0 aliphatic carbocycles. The molecular weight excluding hydrogens is 416 g/mol. The Morgan fingerprint density at radius 2 is 1.72 bits per heavy atom. The van der Waals surface area contributed by atoms with Crippen LogP contribution in [0, 0.1) is 10.1 Å². The van der Waals surface area contributed by atoms with Crippen LogP contribution >= 0.6 is 0 Å². The van der Waals surface area contributed by atoms with Gasteiger partial charge in [0.15, 0.2) is 23.0 Å². The number of hydrogen-bond donors (Lipinski definition) is 1. The third kappa shape index (κ3) is 5.78. The number of para-hydroxylation sites is 2. The molecule has 0 spiro atoms. The van der Waals surface area contributed by atoms with E-state index in [-0.39, 0.29) is 30.3 Å². The molecular formula is C23H24N2O7. The Bertz CT molecular complexity index is 1080. The third-order valence-electron chi connectivity index (χ3n) is 4.38. The molecule has 0 fully saturated rings. The molecule has 1 aromatic heterocycles. The Hall–Kier alpha value is -4.01. The minimum absolute atomic E-state index is 0.0469. The molecule has 2 aromatic carbocycles. The van der Waals surface area contributed by atoms with Gasteiger partial charge in [-0.25, -0.2) is 0 Å². The molecule has 0 unspecified atom stereocenters. The molecule has 3 aromatic rings. The van der Waals surface area contributed by atoms with Crippen LogP contribution in [0.5, 0.6) is 17.2 Å². The van der Waals surface area contributed by atoms with Crippen molar-refractivity contribution < 1.29 is 28.3 Å². The van der Waals surface area contributed by atoms with E-state index in [1.54, 1.807) is 24.3 Å². The zero-order chi connectivity index (χ0) is 22.9. The fourth-order valence-corrected chi connectivity index (χ4v) is 2.93. The van der Waals surface area contributed by atoms with Crippen LogP contribution in [-0.4, -0.2) is 24.0 Å². The lowest BCUT2D eigenvalue weighted by molar-refractivity contribution is -0.386. The van der Waals surface area contributed by atoms with E-state index in [1.807, 2.05) is 26.0 Å². The lowest BCUT2D eigenvalue weighted by Gasteiger charge is -2.12. The molecule has 0 saturated carbocycles. The van der Waals surface area contributed by atoms with Crippen LogP contribution < -0.4 is 19.5 Å². The molecule has 32 heavy (non-hydrogen) atoms. The van der Waals surface area contributed by atoms with E-state index in [1.165, 1.54) is 18.2 Å². The van der Waals surface area contributed by atoms with E-state index in [2.05, 4.69) is 5.32 Å². The first-order valence-corrected chi connectivity index (χ1v) is 10.1. The highest BCUT2D eigenvalue weighted by Gasteiger charge is 2.16. The maximum absolute atomic E-state index is 12.4. The highest BCUT2D eigenvalue weighted by molar-refractivity contribution is 5.91. The van der Waals surface area contributed by atoms with Gasteiger partial charge in [0.25, 0.3) is 5.91 Å². The van der Waals surface area contributed by atoms with Crippen molar-refractivity contribution in [3.63, 3.8) is 0 Å². The first-order valence-electron chi connectivity index (χ1n) is 10.1. The first-order chi connectivity index (χ1) is 15.5. The number of nitro benzene ring substituents is 1. The Labute approximate surface area is 185 Å². The molecule has 1 heterocycles. The maximum atomic E-state index is 12.4. The number of hydrogen-bond acceptors (Lipinski definition) is 7. The summed E-state index contributed by atoms with van der Waals surface area (Å²) >= 11 is 0. The van der Waals surface area contributed by atoms with Crippen molar-refractivity contribution >= 4 is 11.6 Å². The standard InChI is InChI=1S/C23H24N2O7/c1-3-29-20-11-9-16(13-22(20)30-4-2)14-24-23(26)21-12-10-17(32-21)15-31-19-8-6-5-7-18(19)25(27)28/h5-13H,3-4,14-15H2,1-2H3,(H,24,26). The second-order valence-corrected chi connectivity index (χ2v) is 6.61. The summed E-state index contributed by atoms with van der Waals surface area (Å²) in [4.78, 5) is 23.0. The fourth-order valence-electron chi connectivity index (χ4n) is 2.93. The lowest BCUT2D eigenvalue weighted by atomic mass is 10.2. The van der Waals surface area contributed by atoms with Gasteiger partial charge in [0, 0.05) is 12.6 Å². The van der Waals surface area contributed by atoms with Gasteiger partial charge in [-0.3, -0.25) is 14.9 Å². The second kappa shape index (κ2) is 10.9. The molecule has 1 N–H and O–H groups in total. The van der Waals surface area contributed by atoms with Gasteiger partial charge in [-0.15, -0.1) is 0 Å². The SMILES string of the molecule is CCOc1ccc(CNC(=O)c2ccc(COc3ccccc3[N+](=O)[O-])o2)cc1OCC. The zero-order valence-electron chi connectivity index (χ0n) is 17.8. The quantitative estimate of drug-likeness (QED) is 0.345. The normalized spacial score (nSPS) is 10.4. The molecule has 9 heteroatoms. The van der Waals surface area contributed by atoms with Crippen LogP contribution in [-0.2, 0) is 13.2 Å². The molecule has 0 saturated heterocycles. The van der Waals surface area contributed by atoms with Gasteiger partial charge in [-0.05, 0) is 49.7 Å². The van der Waals surface area contributed by atoms with Crippen molar-refractivity contribution in [2.24, 2.45) is 0 Å². The Morgan fingerprint density at radius 1 is 0.969 bits per heavy atom. The van der Waals surface area contributed by atoms with Crippen LogP contribution in [0.25, 0.3) is 0 Å². The topological polar surface area (TPSA) is 113 Å². The highest BCUT2D eigenvalue weighted by Crippen LogP contribution is 2.29. The van der Waals surface area contributed by atoms with Crippen molar-refractivity contribution in [3.05, 3.63) is 81.8 Å². The van der Waals surface area contributed by atoms with E-state index in [4.69, 9.17) is 18.6 Å². The minimum atomic E-state index is -0.520. The van der Waals surface area contributed by atoms with Gasteiger partial charge in [-0.2, -0.15) is 0 Å². The molecule has 0 radical (unpaired) electrons. The molecule has 0 aliphatic rings. The molecule has 9 nitrogen and oxygen atoms in total. The van der Waals surface area contributed by atoms with Crippen molar-refractivity contribution in [1.29, 1.82) is 0 Å². The van der Waals surface area contributed by atoms with Gasteiger partial charge >= 0.3 is 5.69 Å². The summed E-state index contributed by atoms with van der Waals surface area (Å²) in [5.74, 6) is 1.48. The molecule has 0 bridgehead atoms. The Kier molecular flexibility index (Phi) is 7.69. The number of furan rings is 1. The second-order valence-electron chi connectivity index (χ2n) is 6.61. The largest absolute Gasteiger partial charge is 0.490 e. The van der Waals surface area contributed by atoms with Crippen LogP contribution in [0.2, 0.25) is 0 Å². The summed E-state index contributed by atoms with van der Waals surface area (Å²) in [6.45, 7) is 5.03. The molecule has 0 atom stereocenters. The van der Waals surface area contributed by atoms with Gasteiger partial charge in [-0.1, -0.05) is 18.2 Å². The predicted octanol–water partition coefficient (Wildman–Crippen LogP) is 4.49. The summed E-state index contributed by atoms with van der Waals surface area (Å²) in [5, 5.41) is 13.8. The monoisotopic (exact) mass is 440 g/mol. The van der Waals surface area contributed by atoms with Crippen molar-refractivity contribution in [1.82, 2.24) is 5.32 Å². The summed E-state index contributed by atoms with van der Waals surface area (Å²) in [5.41, 5.74) is 0.704. The zero-order valence-corrected chi connectivity index (χ0v) is 17.8. The number of nitrogens with zero attached hydrogens (tertiary/aromatic N) is 1. The number of benzene rings is 2. The Balaban J connectivity index is 1.58. The van der Waals surface area contributed by atoms with Gasteiger partial charge in [0.1, 0.15) is 12.4 Å². The van der Waals surface area contributed by atoms with Crippen molar-refractivity contribution in [2.45, 2.75) is 27.0 Å². The van der Waals surface area contributed by atoms with E-state index in [0.29, 0.717) is 30.5 Å². The number of nitro groups is 1. The number of amides is 1. The smallest absolute Gasteiger partial charge is 0.310 e. The van der Waals surface area contributed by atoms with Gasteiger partial charge < -0.3 is 23.9 Å². The third-order valence-corrected chi connectivity index (χ3v) is 4.38. The number of rotatable bonds is 11. The lowest BCUT2D eigenvalue weighted by Crippen LogP contribution is -2.22.